The maximum atomic E-state index is 12.3. The van der Waals surface area contributed by atoms with Gasteiger partial charge < -0.3 is 15.2 Å². The SMILES string of the molecule is CC(C)OC(=O)C1(Cc2cccc(CN)c2)C=CCO1. The summed E-state index contributed by atoms with van der Waals surface area (Å²) in [6, 6.07) is 7.88. The van der Waals surface area contributed by atoms with Gasteiger partial charge in [0.25, 0.3) is 0 Å². The zero-order valence-corrected chi connectivity index (χ0v) is 12.0. The molecule has 0 bridgehead atoms. The molecule has 1 atom stereocenters. The Morgan fingerprint density at radius 3 is 2.80 bits per heavy atom. The normalized spacial score (nSPS) is 21.4. The van der Waals surface area contributed by atoms with Crippen molar-refractivity contribution in [2.24, 2.45) is 5.73 Å². The number of ether oxygens (including phenoxy) is 2. The summed E-state index contributed by atoms with van der Waals surface area (Å²) in [5.41, 5.74) is 6.70. The molecule has 0 saturated carbocycles. The molecule has 20 heavy (non-hydrogen) atoms. The molecule has 1 heterocycles. The van der Waals surface area contributed by atoms with Crippen LogP contribution in [0, 0.1) is 0 Å². The molecule has 0 spiro atoms. The van der Waals surface area contributed by atoms with Gasteiger partial charge >= 0.3 is 5.97 Å². The largest absolute Gasteiger partial charge is 0.461 e. The molecule has 0 fully saturated rings. The first-order valence-corrected chi connectivity index (χ1v) is 6.86. The molecule has 4 nitrogen and oxygen atoms in total. The highest BCUT2D eigenvalue weighted by atomic mass is 16.6. The molecule has 1 aromatic carbocycles. The number of nitrogens with two attached hydrogens (primary N) is 1. The number of benzene rings is 1. The van der Waals surface area contributed by atoms with Crippen LogP contribution in [0.5, 0.6) is 0 Å². The van der Waals surface area contributed by atoms with E-state index in [1.807, 2.05) is 44.2 Å². The van der Waals surface area contributed by atoms with E-state index in [9.17, 15) is 4.79 Å². The lowest BCUT2D eigenvalue weighted by atomic mass is 9.93. The van der Waals surface area contributed by atoms with E-state index in [1.165, 1.54) is 0 Å². The molecule has 2 N–H and O–H groups in total. The standard InChI is InChI=1S/C16H21NO3/c1-12(2)20-15(18)16(7-4-8-19-16)10-13-5-3-6-14(9-13)11-17/h3-7,9,12H,8,10-11,17H2,1-2H3. The lowest BCUT2D eigenvalue weighted by Crippen LogP contribution is -2.42. The molecule has 0 aromatic heterocycles. The Kier molecular flexibility index (Phi) is 4.57. The third-order valence-electron chi connectivity index (χ3n) is 3.21. The third kappa shape index (κ3) is 3.26. The van der Waals surface area contributed by atoms with Crippen LogP contribution in [0.25, 0.3) is 0 Å². The highest BCUT2D eigenvalue weighted by Gasteiger charge is 2.41. The summed E-state index contributed by atoms with van der Waals surface area (Å²) in [7, 11) is 0. The molecule has 0 amide bonds. The first kappa shape index (κ1) is 14.8. The van der Waals surface area contributed by atoms with Gasteiger partial charge in [0, 0.05) is 13.0 Å². The zero-order chi connectivity index (χ0) is 14.6. The molecule has 0 aliphatic carbocycles. The smallest absolute Gasteiger partial charge is 0.343 e. The van der Waals surface area contributed by atoms with Gasteiger partial charge in [-0.1, -0.05) is 30.3 Å². The molecule has 1 unspecified atom stereocenters. The molecule has 0 saturated heterocycles. The summed E-state index contributed by atoms with van der Waals surface area (Å²) in [5, 5.41) is 0. The first-order chi connectivity index (χ1) is 9.55. The van der Waals surface area contributed by atoms with Gasteiger partial charge in [-0.3, -0.25) is 0 Å². The molecule has 4 heteroatoms. The fourth-order valence-electron chi connectivity index (χ4n) is 2.28. The summed E-state index contributed by atoms with van der Waals surface area (Å²) in [6.45, 7) is 4.58. The summed E-state index contributed by atoms with van der Waals surface area (Å²) in [4.78, 5) is 12.3. The van der Waals surface area contributed by atoms with Gasteiger partial charge in [0.1, 0.15) is 0 Å². The molecule has 1 aliphatic rings. The van der Waals surface area contributed by atoms with Crippen molar-refractivity contribution in [1.82, 2.24) is 0 Å². The van der Waals surface area contributed by atoms with Crippen molar-refractivity contribution in [2.45, 2.75) is 38.5 Å². The Morgan fingerprint density at radius 2 is 2.20 bits per heavy atom. The van der Waals surface area contributed by atoms with Crippen molar-refractivity contribution in [2.75, 3.05) is 6.61 Å². The average Bonchev–Trinajstić information content (AvgIpc) is 2.88. The quantitative estimate of drug-likeness (QED) is 0.659. The van der Waals surface area contributed by atoms with Crippen LogP contribution in [0.15, 0.2) is 36.4 Å². The third-order valence-corrected chi connectivity index (χ3v) is 3.21. The first-order valence-electron chi connectivity index (χ1n) is 6.86. The van der Waals surface area contributed by atoms with Gasteiger partial charge in [-0.25, -0.2) is 4.79 Å². The van der Waals surface area contributed by atoms with Crippen LogP contribution >= 0.6 is 0 Å². The van der Waals surface area contributed by atoms with Crippen molar-refractivity contribution in [1.29, 1.82) is 0 Å². The van der Waals surface area contributed by atoms with Gasteiger partial charge in [-0.05, 0) is 31.1 Å². The molecule has 1 aromatic rings. The summed E-state index contributed by atoms with van der Waals surface area (Å²) in [5.74, 6) is -0.334. The molecule has 2 rings (SSSR count). The van der Waals surface area contributed by atoms with Crippen LogP contribution in [0.1, 0.15) is 25.0 Å². The molecular formula is C16H21NO3. The van der Waals surface area contributed by atoms with Gasteiger partial charge in [0.2, 0.25) is 0 Å². The van der Waals surface area contributed by atoms with E-state index in [1.54, 1.807) is 6.08 Å². The number of carbonyl (C=O) groups excluding carboxylic acids is 1. The fourth-order valence-corrected chi connectivity index (χ4v) is 2.28. The van der Waals surface area contributed by atoms with Crippen molar-refractivity contribution in [3.8, 4) is 0 Å². The van der Waals surface area contributed by atoms with Crippen LogP contribution in [-0.4, -0.2) is 24.3 Å². The summed E-state index contributed by atoms with van der Waals surface area (Å²) in [6.07, 6.45) is 3.96. The predicted octanol–water partition coefficient (Wildman–Crippen LogP) is 1.96. The van der Waals surface area contributed by atoms with Crippen molar-refractivity contribution < 1.29 is 14.3 Å². The van der Waals surface area contributed by atoms with Gasteiger partial charge in [-0.15, -0.1) is 0 Å². The Labute approximate surface area is 119 Å². The summed E-state index contributed by atoms with van der Waals surface area (Å²) >= 11 is 0. The summed E-state index contributed by atoms with van der Waals surface area (Å²) < 4.78 is 11.0. The Hall–Kier alpha value is -1.65. The van der Waals surface area contributed by atoms with E-state index in [-0.39, 0.29) is 12.1 Å². The molecular weight excluding hydrogens is 254 g/mol. The van der Waals surface area contributed by atoms with Crippen molar-refractivity contribution >= 4 is 5.97 Å². The Bertz CT molecular complexity index is 510. The van der Waals surface area contributed by atoms with Crippen LogP contribution in [0.3, 0.4) is 0 Å². The minimum Gasteiger partial charge on any atom is -0.461 e. The lowest BCUT2D eigenvalue weighted by Gasteiger charge is -2.26. The van der Waals surface area contributed by atoms with E-state index in [0.29, 0.717) is 19.6 Å². The number of hydrogen-bond donors (Lipinski definition) is 1. The van der Waals surface area contributed by atoms with Crippen LogP contribution in [0.2, 0.25) is 0 Å². The van der Waals surface area contributed by atoms with Crippen molar-refractivity contribution in [3.63, 3.8) is 0 Å². The number of rotatable bonds is 5. The molecule has 108 valence electrons. The van der Waals surface area contributed by atoms with E-state index in [0.717, 1.165) is 11.1 Å². The average molecular weight is 275 g/mol. The second kappa shape index (κ2) is 6.20. The number of carbonyl (C=O) groups is 1. The number of hydrogen-bond acceptors (Lipinski definition) is 4. The monoisotopic (exact) mass is 275 g/mol. The fraction of sp³-hybridized carbons (Fsp3) is 0.438. The maximum Gasteiger partial charge on any atom is 0.343 e. The van der Waals surface area contributed by atoms with Crippen molar-refractivity contribution in [3.05, 3.63) is 47.5 Å². The van der Waals surface area contributed by atoms with E-state index < -0.39 is 5.60 Å². The van der Waals surface area contributed by atoms with Crippen LogP contribution in [-0.2, 0) is 27.2 Å². The number of esters is 1. The van der Waals surface area contributed by atoms with Gasteiger partial charge in [0.05, 0.1) is 12.7 Å². The van der Waals surface area contributed by atoms with Crippen LogP contribution in [0.4, 0.5) is 0 Å². The van der Waals surface area contributed by atoms with E-state index in [2.05, 4.69) is 0 Å². The lowest BCUT2D eigenvalue weighted by molar-refractivity contribution is -0.167. The minimum absolute atomic E-state index is 0.160. The highest BCUT2D eigenvalue weighted by Crippen LogP contribution is 2.27. The molecule has 0 radical (unpaired) electrons. The topological polar surface area (TPSA) is 61.5 Å². The van der Waals surface area contributed by atoms with Gasteiger partial charge in [0.15, 0.2) is 5.60 Å². The maximum absolute atomic E-state index is 12.3. The van der Waals surface area contributed by atoms with Gasteiger partial charge in [-0.2, -0.15) is 0 Å². The predicted molar refractivity (Wildman–Crippen MR) is 77.1 cm³/mol. The van der Waals surface area contributed by atoms with Crippen LogP contribution < -0.4 is 5.73 Å². The second-order valence-corrected chi connectivity index (χ2v) is 5.26. The Balaban J connectivity index is 2.21. The highest BCUT2D eigenvalue weighted by molar-refractivity contribution is 5.83. The molecule has 1 aliphatic heterocycles. The Morgan fingerprint density at radius 1 is 1.45 bits per heavy atom. The van der Waals surface area contributed by atoms with E-state index >= 15 is 0 Å². The zero-order valence-electron chi connectivity index (χ0n) is 12.0. The van der Waals surface area contributed by atoms with E-state index in [4.69, 9.17) is 15.2 Å². The second-order valence-electron chi connectivity index (χ2n) is 5.26. The minimum atomic E-state index is -1.00.